The average molecular weight is 470 g/mol. The van der Waals surface area contributed by atoms with Crippen molar-refractivity contribution in [1.29, 1.82) is 0 Å². The highest BCUT2D eigenvalue weighted by Crippen LogP contribution is 2.36. The number of rotatable bonds is 4. The minimum absolute atomic E-state index is 0.0225. The number of piperazine rings is 1. The van der Waals surface area contributed by atoms with Crippen LogP contribution < -0.4 is 0 Å². The van der Waals surface area contributed by atoms with E-state index in [4.69, 9.17) is 16.3 Å². The van der Waals surface area contributed by atoms with Crippen molar-refractivity contribution in [2.24, 2.45) is 0 Å². The van der Waals surface area contributed by atoms with Crippen LogP contribution in [-0.4, -0.2) is 87.0 Å². The number of amides is 1. The molecule has 1 atom stereocenters. The minimum Gasteiger partial charge on any atom is -0.375 e. The Kier molecular flexibility index (Phi) is 6.97. The number of sulfonamides is 1. The summed E-state index contributed by atoms with van der Waals surface area (Å²) in [7, 11) is -4.11. The van der Waals surface area contributed by atoms with E-state index in [1.54, 1.807) is 4.90 Å². The molecule has 1 aromatic carbocycles. The summed E-state index contributed by atoms with van der Waals surface area (Å²) in [5.41, 5.74) is -1.19. The van der Waals surface area contributed by atoms with Gasteiger partial charge in [0.2, 0.25) is 15.9 Å². The average Bonchev–Trinajstić information content (AvgIpc) is 2.67. The lowest BCUT2D eigenvalue weighted by Gasteiger charge is -2.36. The second-order valence-electron chi connectivity index (χ2n) is 7.34. The van der Waals surface area contributed by atoms with Gasteiger partial charge in [0.25, 0.3) is 0 Å². The summed E-state index contributed by atoms with van der Waals surface area (Å²) in [4.78, 5) is 15.6. The number of nitrogens with zero attached hydrogens (tertiary/aromatic N) is 3. The number of ether oxygens (including phenoxy) is 1. The number of carbonyl (C=O) groups excluding carboxylic acids is 1. The molecule has 1 amide bonds. The predicted octanol–water partition coefficient (Wildman–Crippen LogP) is 1.91. The molecule has 2 aliphatic rings. The number of halogens is 4. The zero-order valence-corrected chi connectivity index (χ0v) is 17.9. The van der Waals surface area contributed by atoms with Crippen LogP contribution in [0.15, 0.2) is 23.1 Å². The van der Waals surface area contributed by atoms with Crippen molar-refractivity contribution in [3.05, 3.63) is 28.8 Å². The fraction of sp³-hybridized carbons (Fsp3) is 0.611. The Bertz CT molecular complexity index is 889. The number of hydrogen-bond donors (Lipinski definition) is 0. The Morgan fingerprint density at radius 1 is 1.20 bits per heavy atom. The number of hydrogen-bond acceptors (Lipinski definition) is 5. The van der Waals surface area contributed by atoms with E-state index in [2.05, 4.69) is 0 Å². The fourth-order valence-electron chi connectivity index (χ4n) is 3.50. The van der Waals surface area contributed by atoms with E-state index < -0.39 is 31.7 Å². The van der Waals surface area contributed by atoms with Gasteiger partial charge in [-0.25, -0.2) is 8.42 Å². The van der Waals surface area contributed by atoms with Crippen LogP contribution in [0.4, 0.5) is 13.2 Å². The first-order chi connectivity index (χ1) is 14.0. The van der Waals surface area contributed by atoms with E-state index in [-0.39, 0.29) is 31.6 Å². The topological polar surface area (TPSA) is 70.2 Å². The van der Waals surface area contributed by atoms with Crippen molar-refractivity contribution >= 4 is 27.5 Å². The molecule has 0 N–H and O–H groups in total. The molecule has 3 rings (SSSR count). The van der Waals surface area contributed by atoms with E-state index in [9.17, 15) is 26.4 Å². The molecular formula is C18H23ClF3N3O4S. The molecular weight excluding hydrogens is 447 g/mol. The highest BCUT2D eigenvalue weighted by molar-refractivity contribution is 7.89. The summed E-state index contributed by atoms with van der Waals surface area (Å²) < 4.78 is 71.3. The lowest BCUT2D eigenvalue weighted by atomic mass is 10.2. The Balaban J connectivity index is 1.62. The first-order valence-electron chi connectivity index (χ1n) is 9.47. The smallest absolute Gasteiger partial charge is 0.375 e. The van der Waals surface area contributed by atoms with Gasteiger partial charge in [0.1, 0.15) is 0 Å². The molecule has 0 spiro atoms. The largest absolute Gasteiger partial charge is 0.417 e. The molecule has 2 fully saturated rings. The summed E-state index contributed by atoms with van der Waals surface area (Å²) >= 11 is 5.58. The van der Waals surface area contributed by atoms with Crippen molar-refractivity contribution in [2.75, 3.05) is 52.4 Å². The fourth-order valence-corrected chi connectivity index (χ4v) is 5.17. The SMILES string of the molecule is CC1CN(C(=O)CN2CCN(S(=O)(=O)c3ccc(Cl)c(C(F)(F)F)c3)CC2)CCO1. The van der Waals surface area contributed by atoms with Crippen LogP contribution >= 0.6 is 11.6 Å². The van der Waals surface area contributed by atoms with Crippen LogP contribution in [0, 0.1) is 0 Å². The number of morpholine rings is 1. The Morgan fingerprint density at radius 2 is 1.87 bits per heavy atom. The van der Waals surface area contributed by atoms with E-state index >= 15 is 0 Å². The second kappa shape index (κ2) is 8.99. The molecule has 0 aromatic heterocycles. The van der Waals surface area contributed by atoms with Crippen LogP contribution in [-0.2, 0) is 25.7 Å². The number of carbonyl (C=O) groups is 1. The lowest BCUT2D eigenvalue weighted by Crippen LogP contribution is -2.53. The van der Waals surface area contributed by atoms with Crippen LogP contribution in [0.3, 0.4) is 0 Å². The highest BCUT2D eigenvalue weighted by atomic mass is 35.5. The van der Waals surface area contributed by atoms with Gasteiger partial charge in [0.05, 0.1) is 34.7 Å². The van der Waals surface area contributed by atoms with Gasteiger partial charge in [-0.2, -0.15) is 17.5 Å². The third-order valence-corrected chi connectivity index (χ3v) is 7.39. The molecule has 2 heterocycles. The van der Waals surface area contributed by atoms with Crippen LogP contribution in [0.2, 0.25) is 5.02 Å². The van der Waals surface area contributed by atoms with Crippen LogP contribution in [0.1, 0.15) is 12.5 Å². The van der Waals surface area contributed by atoms with Gasteiger partial charge in [0, 0.05) is 39.3 Å². The molecule has 1 unspecified atom stereocenters. The van der Waals surface area contributed by atoms with Gasteiger partial charge in [0.15, 0.2) is 0 Å². The minimum atomic E-state index is -4.75. The first-order valence-corrected chi connectivity index (χ1v) is 11.3. The summed E-state index contributed by atoms with van der Waals surface area (Å²) in [6.07, 6.45) is -4.77. The van der Waals surface area contributed by atoms with Gasteiger partial charge >= 0.3 is 6.18 Å². The Hall–Kier alpha value is -1.40. The van der Waals surface area contributed by atoms with E-state index in [0.717, 1.165) is 16.4 Å². The lowest BCUT2D eigenvalue weighted by molar-refractivity contribution is -0.139. The molecule has 0 saturated carbocycles. The van der Waals surface area contributed by atoms with Gasteiger partial charge in [-0.05, 0) is 25.1 Å². The van der Waals surface area contributed by atoms with Gasteiger partial charge < -0.3 is 9.64 Å². The summed E-state index contributed by atoms with van der Waals surface area (Å²) in [6.45, 7) is 4.37. The van der Waals surface area contributed by atoms with Gasteiger partial charge in [-0.3, -0.25) is 9.69 Å². The third kappa shape index (κ3) is 5.25. The Morgan fingerprint density at radius 3 is 2.47 bits per heavy atom. The second-order valence-corrected chi connectivity index (χ2v) is 9.69. The normalized spacial score (nSPS) is 22.3. The zero-order chi connectivity index (χ0) is 22.1. The third-order valence-electron chi connectivity index (χ3n) is 5.16. The zero-order valence-electron chi connectivity index (χ0n) is 16.4. The molecule has 0 radical (unpaired) electrons. The molecule has 0 bridgehead atoms. The number of alkyl halides is 3. The molecule has 2 aliphatic heterocycles. The molecule has 30 heavy (non-hydrogen) atoms. The summed E-state index contributed by atoms with van der Waals surface area (Å²) in [6, 6.07) is 2.57. The maximum absolute atomic E-state index is 13.1. The van der Waals surface area contributed by atoms with Gasteiger partial charge in [-0.1, -0.05) is 11.6 Å². The van der Waals surface area contributed by atoms with E-state index in [1.807, 2.05) is 11.8 Å². The van der Waals surface area contributed by atoms with E-state index in [0.29, 0.717) is 38.9 Å². The quantitative estimate of drug-likeness (QED) is 0.674. The van der Waals surface area contributed by atoms with E-state index in [1.165, 1.54) is 0 Å². The van der Waals surface area contributed by atoms with Crippen molar-refractivity contribution in [3.63, 3.8) is 0 Å². The molecule has 168 valence electrons. The molecule has 0 aliphatic carbocycles. The molecule has 2 saturated heterocycles. The Labute approximate surface area is 178 Å². The predicted molar refractivity (Wildman–Crippen MR) is 104 cm³/mol. The van der Waals surface area contributed by atoms with Crippen molar-refractivity contribution in [2.45, 2.75) is 24.1 Å². The summed E-state index contributed by atoms with van der Waals surface area (Å²) in [5, 5.41) is -0.554. The van der Waals surface area contributed by atoms with Crippen molar-refractivity contribution < 1.29 is 31.1 Å². The van der Waals surface area contributed by atoms with Crippen molar-refractivity contribution in [3.8, 4) is 0 Å². The number of benzene rings is 1. The van der Waals surface area contributed by atoms with Crippen LogP contribution in [0.5, 0.6) is 0 Å². The molecule has 1 aromatic rings. The summed E-state index contributed by atoms with van der Waals surface area (Å²) in [5.74, 6) is -0.0472. The monoisotopic (exact) mass is 469 g/mol. The molecule has 7 nitrogen and oxygen atoms in total. The van der Waals surface area contributed by atoms with Gasteiger partial charge in [-0.15, -0.1) is 0 Å². The standard InChI is InChI=1S/C18H23ClF3N3O4S/c1-13-11-24(8-9-29-13)17(26)12-23-4-6-25(7-5-23)30(27,28)14-2-3-16(19)15(10-14)18(20,21)22/h2-3,10,13H,4-9,11-12H2,1H3. The molecule has 12 heteroatoms. The van der Waals surface area contributed by atoms with Crippen molar-refractivity contribution in [1.82, 2.24) is 14.1 Å². The maximum Gasteiger partial charge on any atom is 0.417 e. The maximum atomic E-state index is 13.1. The first kappa shape index (κ1) is 23.3. The highest BCUT2D eigenvalue weighted by Gasteiger charge is 2.36. The van der Waals surface area contributed by atoms with Crippen LogP contribution in [0.25, 0.3) is 0 Å².